The standard InChI is InChI=1S/C23H28N4O2S/c1-17-15-26(16-18(2)29-17)12-7-11-24-23(28)21-14-20(22-10-6-13-30-22)25-27(21)19-8-4-3-5-9-19/h3-6,8-10,13-14,17-18H,7,11-12,15-16H2,1-2H3,(H,24,28)/t17-,18-/m1/s1. The fourth-order valence-electron chi connectivity index (χ4n) is 3.92. The van der Waals surface area contributed by atoms with E-state index in [1.807, 2.05) is 53.9 Å². The molecule has 3 heterocycles. The zero-order valence-corrected chi connectivity index (χ0v) is 18.3. The van der Waals surface area contributed by atoms with Crippen LogP contribution in [0.4, 0.5) is 0 Å². The van der Waals surface area contributed by atoms with Gasteiger partial charge in [0, 0.05) is 26.2 Å². The van der Waals surface area contributed by atoms with Crippen molar-refractivity contribution < 1.29 is 9.53 Å². The highest BCUT2D eigenvalue weighted by atomic mass is 32.1. The quantitative estimate of drug-likeness (QED) is 0.586. The number of aromatic nitrogens is 2. The van der Waals surface area contributed by atoms with Crippen molar-refractivity contribution in [3.8, 4) is 16.3 Å². The number of benzene rings is 1. The van der Waals surface area contributed by atoms with Crippen molar-refractivity contribution in [1.29, 1.82) is 0 Å². The van der Waals surface area contributed by atoms with Crippen LogP contribution in [-0.2, 0) is 4.74 Å². The Balaban J connectivity index is 1.41. The molecule has 1 aromatic carbocycles. The Bertz CT molecular complexity index is 945. The topological polar surface area (TPSA) is 59.4 Å². The number of rotatable bonds is 7. The number of hydrogen-bond acceptors (Lipinski definition) is 5. The monoisotopic (exact) mass is 424 g/mol. The van der Waals surface area contributed by atoms with Crippen LogP contribution in [0.15, 0.2) is 53.9 Å². The number of para-hydroxylation sites is 1. The van der Waals surface area contributed by atoms with Gasteiger partial charge in [-0.15, -0.1) is 11.3 Å². The van der Waals surface area contributed by atoms with Gasteiger partial charge in [-0.1, -0.05) is 24.3 Å². The first-order valence-electron chi connectivity index (χ1n) is 10.5. The van der Waals surface area contributed by atoms with Crippen molar-refractivity contribution in [2.75, 3.05) is 26.2 Å². The van der Waals surface area contributed by atoms with Gasteiger partial charge in [-0.3, -0.25) is 9.69 Å². The highest BCUT2D eigenvalue weighted by Crippen LogP contribution is 2.25. The molecule has 0 unspecified atom stereocenters. The third-order valence-electron chi connectivity index (χ3n) is 5.15. The van der Waals surface area contributed by atoms with Crippen LogP contribution in [-0.4, -0.2) is 59.0 Å². The predicted molar refractivity (Wildman–Crippen MR) is 120 cm³/mol. The van der Waals surface area contributed by atoms with Gasteiger partial charge >= 0.3 is 0 Å². The molecule has 1 aliphatic heterocycles. The first-order chi connectivity index (χ1) is 14.6. The molecule has 1 amide bonds. The molecule has 0 bridgehead atoms. The maximum atomic E-state index is 13.0. The minimum Gasteiger partial charge on any atom is -0.373 e. The zero-order valence-electron chi connectivity index (χ0n) is 17.5. The number of ether oxygens (including phenoxy) is 1. The van der Waals surface area contributed by atoms with Crippen molar-refractivity contribution in [2.24, 2.45) is 0 Å². The molecule has 2 atom stereocenters. The predicted octanol–water partition coefficient (Wildman–Crippen LogP) is 3.83. The van der Waals surface area contributed by atoms with Gasteiger partial charge in [0.05, 0.1) is 22.8 Å². The molecule has 6 nitrogen and oxygen atoms in total. The van der Waals surface area contributed by atoms with Crippen LogP contribution in [0, 0.1) is 0 Å². The van der Waals surface area contributed by atoms with Crippen LogP contribution >= 0.6 is 11.3 Å². The third-order valence-corrected chi connectivity index (χ3v) is 6.04. The van der Waals surface area contributed by atoms with Gasteiger partial charge in [-0.05, 0) is 49.9 Å². The average Bonchev–Trinajstić information content (AvgIpc) is 3.41. The number of carbonyl (C=O) groups is 1. The summed E-state index contributed by atoms with van der Waals surface area (Å²) in [5, 5.41) is 9.80. The summed E-state index contributed by atoms with van der Waals surface area (Å²) in [4.78, 5) is 16.4. The number of morpholine rings is 1. The smallest absolute Gasteiger partial charge is 0.270 e. The van der Waals surface area contributed by atoms with E-state index in [2.05, 4.69) is 24.1 Å². The molecule has 3 aromatic rings. The lowest BCUT2D eigenvalue weighted by Gasteiger charge is -2.35. The lowest BCUT2D eigenvalue weighted by atomic mass is 10.2. The molecule has 4 rings (SSSR count). The molecule has 1 N–H and O–H groups in total. The highest BCUT2D eigenvalue weighted by Gasteiger charge is 2.22. The van der Waals surface area contributed by atoms with Crippen molar-refractivity contribution in [3.63, 3.8) is 0 Å². The number of amides is 1. The minimum absolute atomic E-state index is 0.0992. The summed E-state index contributed by atoms with van der Waals surface area (Å²) in [6.45, 7) is 7.71. The van der Waals surface area contributed by atoms with E-state index < -0.39 is 0 Å². The van der Waals surface area contributed by atoms with Crippen molar-refractivity contribution in [2.45, 2.75) is 32.5 Å². The summed E-state index contributed by atoms with van der Waals surface area (Å²) in [5.74, 6) is -0.0992. The minimum atomic E-state index is -0.0992. The van der Waals surface area contributed by atoms with Gasteiger partial charge in [-0.2, -0.15) is 5.10 Å². The fourth-order valence-corrected chi connectivity index (χ4v) is 4.60. The van der Waals surface area contributed by atoms with Crippen LogP contribution in [0.25, 0.3) is 16.3 Å². The number of nitrogens with zero attached hydrogens (tertiary/aromatic N) is 3. The highest BCUT2D eigenvalue weighted by molar-refractivity contribution is 7.13. The van der Waals surface area contributed by atoms with E-state index in [0.29, 0.717) is 12.2 Å². The van der Waals surface area contributed by atoms with Gasteiger partial charge in [-0.25, -0.2) is 4.68 Å². The van der Waals surface area contributed by atoms with Crippen LogP contribution < -0.4 is 5.32 Å². The molecule has 1 aliphatic rings. The lowest BCUT2D eigenvalue weighted by molar-refractivity contribution is -0.0680. The Labute approximate surface area is 181 Å². The molecule has 0 saturated carbocycles. The molecule has 7 heteroatoms. The Morgan fingerprint density at radius 2 is 1.93 bits per heavy atom. The maximum absolute atomic E-state index is 13.0. The molecule has 30 heavy (non-hydrogen) atoms. The molecular weight excluding hydrogens is 396 g/mol. The number of thiophene rings is 1. The Kier molecular flexibility index (Phi) is 6.62. The molecule has 0 radical (unpaired) electrons. The molecule has 2 aromatic heterocycles. The summed E-state index contributed by atoms with van der Waals surface area (Å²) in [5.41, 5.74) is 2.25. The molecule has 158 valence electrons. The number of hydrogen-bond donors (Lipinski definition) is 1. The molecule has 0 spiro atoms. The molecule has 1 fully saturated rings. The summed E-state index contributed by atoms with van der Waals surface area (Å²) < 4.78 is 7.52. The van der Waals surface area contributed by atoms with Crippen LogP contribution in [0.1, 0.15) is 30.8 Å². The lowest BCUT2D eigenvalue weighted by Crippen LogP contribution is -2.46. The SMILES string of the molecule is C[C@@H]1CN(CCCNC(=O)c2cc(-c3cccs3)nn2-c2ccccc2)C[C@@H](C)O1. The van der Waals surface area contributed by atoms with Crippen molar-refractivity contribution >= 4 is 17.2 Å². The second-order valence-corrected chi connectivity index (χ2v) is 8.71. The van der Waals surface area contributed by atoms with Crippen LogP contribution in [0.5, 0.6) is 0 Å². The largest absolute Gasteiger partial charge is 0.373 e. The maximum Gasteiger partial charge on any atom is 0.270 e. The Morgan fingerprint density at radius 1 is 1.17 bits per heavy atom. The van der Waals surface area contributed by atoms with Crippen LogP contribution in [0.3, 0.4) is 0 Å². The number of carbonyl (C=O) groups excluding carboxylic acids is 1. The Hall–Kier alpha value is -2.48. The molecular formula is C23H28N4O2S. The van der Waals surface area contributed by atoms with Gasteiger partial charge < -0.3 is 10.1 Å². The van der Waals surface area contributed by atoms with Crippen molar-refractivity contribution in [3.05, 3.63) is 59.6 Å². The summed E-state index contributed by atoms with van der Waals surface area (Å²) in [6, 6.07) is 15.7. The normalized spacial score (nSPS) is 19.7. The molecule has 0 aliphatic carbocycles. The van der Waals surface area contributed by atoms with E-state index in [1.165, 1.54) is 0 Å². The van der Waals surface area contributed by atoms with E-state index in [4.69, 9.17) is 9.84 Å². The average molecular weight is 425 g/mol. The first-order valence-corrected chi connectivity index (χ1v) is 11.3. The summed E-state index contributed by atoms with van der Waals surface area (Å²) >= 11 is 1.62. The van der Waals surface area contributed by atoms with E-state index >= 15 is 0 Å². The fraction of sp³-hybridized carbons (Fsp3) is 0.391. The van der Waals surface area contributed by atoms with Gasteiger partial charge in [0.25, 0.3) is 5.91 Å². The Morgan fingerprint density at radius 3 is 2.63 bits per heavy atom. The second kappa shape index (κ2) is 9.55. The first kappa shape index (κ1) is 20.8. The molecule has 1 saturated heterocycles. The van der Waals surface area contributed by atoms with Gasteiger partial charge in [0.2, 0.25) is 0 Å². The van der Waals surface area contributed by atoms with E-state index in [9.17, 15) is 4.79 Å². The van der Waals surface area contributed by atoms with E-state index in [1.54, 1.807) is 16.0 Å². The van der Waals surface area contributed by atoms with E-state index in [0.717, 1.165) is 42.3 Å². The number of nitrogens with one attached hydrogen (secondary N) is 1. The van der Waals surface area contributed by atoms with Crippen molar-refractivity contribution in [1.82, 2.24) is 20.0 Å². The van der Waals surface area contributed by atoms with Crippen LogP contribution in [0.2, 0.25) is 0 Å². The third kappa shape index (κ3) is 4.98. The summed E-state index contributed by atoms with van der Waals surface area (Å²) in [6.07, 6.45) is 1.43. The van der Waals surface area contributed by atoms with E-state index in [-0.39, 0.29) is 18.1 Å². The van der Waals surface area contributed by atoms with Gasteiger partial charge in [0.15, 0.2) is 0 Å². The second-order valence-electron chi connectivity index (χ2n) is 7.77. The zero-order chi connectivity index (χ0) is 20.9. The van der Waals surface area contributed by atoms with Gasteiger partial charge in [0.1, 0.15) is 11.4 Å². The summed E-state index contributed by atoms with van der Waals surface area (Å²) in [7, 11) is 0.